The smallest absolute Gasteiger partial charge is 0.249 e. The molecule has 0 saturated carbocycles. The lowest BCUT2D eigenvalue weighted by atomic mass is 10.2. The van der Waals surface area contributed by atoms with Crippen LogP contribution in [0.1, 0.15) is 11.1 Å². The van der Waals surface area contributed by atoms with E-state index in [1.165, 1.54) is 12.1 Å². The molecule has 0 atom stereocenters. The number of anilines is 1. The van der Waals surface area contributed by atoms with Gasteiger partial charge in [-0.25, -0.2) is 4.39 Å². The van der Waals surface area contributed by atoms with Crippen molar-refractivity contribution in [2.24, 2.45) is 0 Å². The van der Waals surface area contributed by atoms with Crippen molar-refractivity contribution >= 4 is 45.3 Å². The zero-order valence-electron chi connectivity index (χ0n) is 13.5. The van der Waals surface area contributed by atoms with Crippen molar-refractivity contribution in [3.05, 3.63) is 87.2 Å². The summed E-state index contributed by atoms with van der Waals surface area (Å²) in [5.41, 5.74) is 1.26. The Morgan fingerprint density at radius 2 is 1.96 bits per heavy atom. The first kappa shape index (κ1) is 18.4. The largest absolute Gasteiger partial charge is 0.305 e. The third kappa shape index (κ3) is 4.59. The minimum Gasteiger partial charge on any atom is -0.305 e. The quantitative estimate of drug-likeness (QED) is 0.565. The van der Waals surface area contributed by atoms with Gasteiger partial charge in [-0.2, -0.15) is 5.10 Å². The number of carbonyl (C=O) groups is 1. The van der Waals surface area contributed by atoms with E-state index in [2.05, 4.69) is 26.3 Å². The molecule has 0 unspecified atom stereocenters. The number of benzene rings is 2. The van der Waals surface area contributed by atoms with Crippen molar-refractivity contribution in [1.82, 2.24) is 9.78 Å². The lowest BCUT2D eigenvalue weighted by Gasteiger charge is -2.03. The molecular formula is C19H14BrClFN3O. The van der Waals surface area contributed by atoms with E-state index in [-0.39, 0.29) is 18.3 Å². The number of nitrogens with one attached hydrogen (secondary N) is 1. The van der Waals surface area contributed by atoms with Crippen molar-refractivity contribution in [3.8, 4) is 0 Å². The number of rotatable bonds is 5. The van der Waals surface area contributed by atoms with E-state index in [0.717, 1.165) is 5.56 Å². The van der Waals surface area contributed by atoms with Gasteiger partial charge in [0.1, 0.15) is 5.82 Å². The molecule has 3 aromatic rings. The van der Waals surface area contributed by atoms with E-state index < -0.39 is 0 Å². The first-order valence-corrected chi connectivity index (χ1v) is 8.90. The normalized spacial score (nSPS) is 11.0. The Morgan fingerprint density at radius 3 is 2.73 bits per heavy atom. The number of hydrogen-bond donors (Lipinski definition) is 1. The van der Waals surface area contributed by atoms with Gasteiger partial charge < -0.3 is 5.32 Å². The molecule has 0 saturated heterocycles. The Balaban J connectivity index is 1.69. The third-order valence-electron chi connectivity index (χ3n) is 3.57. The molecule has 0 fully saturated rings. The van der Waals surface area contributed by atoms with Gasteiger partial charge in [-0.3, -0.25) is 9.48 Å². The van der Waals surface area contributed by atoms with Gasteiger partial charge in [0.2, 0.25) is 5.91 Å². The molecule has 2 aromatic carbocycles. The van der Waals surface area contributed by atoms with Crippen LogP contribution in [0.15, 0.2) is 65.3 Å². The van der Waals surface area contributed by atoms with Crippen LogP contribution in [0, 0.1) is 5.82 Å². The fourth-order valence-electron chi connectivity index (χ4n) is 2.30. The Labute approximate surface area is 163 Å². The molecule has 4 nitrogen and oxygen atoms in total. The van der Waals surface area contributed by atoms with Crippen LogP contribution in [-0.4, -0.2) is 15.7 Å². The maximum absolute atomic E-state index is 13.7. The topological polar surface area (TPSA) is 46.9 Å². The van der Waals surface area contributed by atoms with Crippen LogP contribution in [0.2, 0.25) is 5.02 Å². The van der Waals surface area contributed by atoms with E-state index in [9.17, 15) is 9.18 Å². The van der Waals surface area contributed by atoms with Crippen LogP contribution in [0.25, 0.3) is 6.08 Å². The molecule has 132 valence electrons. The summed E-state index contributed by atoms with van der Waals surface area (Å²) in [6.07, 6.45) is 4.69. The second kappa shape index (κ2) is 8.29. The molecule has 3 rings (SSSR count). The van der Waals surface area contributed by atoms with Crippen LogP contribution in [0.4, 0.5) is 10.2 Å². The number of carbonyl (C=O) groups excluding carboxylic acids is 1. The van der Waals surface area contributed by atoms with Gasteiger partial charge in [-0.1, -0.05) is 48.0 Å². The van der Waals surface area contributed by atoms with E-state index >= 15 is 0 Å². The molecule has 0 aliphatic carbocycles. The van der Waals surface area contributed by atoms with Gasteiger partial charge in [-0.05, 0) is 39.7 Å². The summed E-state index contributed by atoms with van der Waals surface area (Å²) in [4.78, 5) is 12.1. The maximum Gasteiger partial charge on any atom is 0.249 e. The molecule has 0 radical (unpaired) electrons. The second-order valence-corrected chi connectivity index (χ2v) is 6.72. The highest BCUT2D eigenvalue weighted by Crippen LogP contribution is 2.22. The van der Waals surface area contributed by atoms with Crippen LogP contribution in [0.3, 0.4) is 0 Å². The van der Waals surface area contributed by atoms with E-state index in [1.807, 2.05) is 18.2 Å². The van der Waals surface area contributed by atoms with Gasteiger partial charge in [-0.15, -0.1) is 0 Å². The van der Waals surface area contributed by atoms with Gasteiger partial charge >= 0.3 is 0 Å². The third-order valence-corrected chi connectivity index (χ3v) is 4.49. The molecule has 7 heteroatoms. The molecule has 0 aliphatic heterocycles. The Morgan fingerprint density at radius 1 is 1.23 bits per heavy atom. The lowest BCUT2D eigenvalue weighted by Crippen LogP contribution is -2.10. The van der Waals surface area contributed by atoms with Crippen LogP contribution in [-0.2, 0) is 11.3 Å². The van der Waals surface area contributed by atoms with Crippen LogP contribution < -0.4 is 5.32 Å². The standard InChI is InChI=1S/C19H14BrClFN3O/c20-15-12-25(11-14-6-2-4-8-17(14)22)24-19(15)23-18(26)10-9-13-5-1-3-7-16(13)21/h1-10,12H,11H2,(H,23,24,26)/b10-9+. The minimum absolute atomic E-state index is 0.261. The molecule has 1 amide bonds. The van der Waals surface area contributed by atoms with Gasteiger partial charge in [0.25, 0.3) is 0 Å². The summed E-state index contributed by atoms with van der Waals surface area (Å²) in [7, 11) is 0. The van der Waals surface area contributed by atoms with Crippen molar-refractivity contribution in [2.75, 3.05) is 5.32 Å². The van der Waals surface area contributed by atoms with Crippen molar-refractivity contribution in [2.45, 2.75) is 6.54 Å². The molecule has 26 heavy (non-hydrogen) atoms. The van der Waals surface area contributed by atoms with Crippen molar-refractivity contribution in [1.29, 1.82) is 0 Å². The molecular weight excluding hydrogens is 421 g/mol. The predicted molar refractivity (Wildman–Crippen MR) is 105 cm³/mol. The fraction of sp³-hybridized carbons (Fsp3) is 0.0526. The number of amides is 1. The Hall–Kier alpha value is -2.44. The monoisotopic (exact) mass is 433 g/mol. The zero-order valence-corrected chi connectivity index (χ0v) is 15.8. The van der Waals surface area contributed by atoms with Crippen LogP contribution >= 0.6 is 27.5 Å². The summed E-state index contributed by atoms with van der Waals surface area (Å²) >= 11 is 9.40. The van der Waals surface area contributed by atoms with Crippen LogP contribution in [0.5, 0.6) is 0 Å². The van der Waals surface area contributed by atoms with Gasteiger partial charge in [0.05, 0.1) is 11.0 Å². The molecule has 0 aliphatic rings. The van der Waals surface area contributed by atoms with E-state index in [4.69, 9.17) is 11.6 Å². The SMILES string of the molecule is O=C(/C=C/c1ccccc1Cl)Nc1nn(Cc2ccccc2F)cc1Br. The zero-order chi connectivity index (χ0) is 18.5. The van der Waals surface area contributed by atoms with Crippen molar-refractivity contribution < 1.29 is 9.18 Å². The minimum atomic E-state index is -0.346. The fourth-order valence-corrected chi connectivity index (χ4v) is 2.91. The number of halogens is 3. The summed E-state index contributed by atoms with van der Waals surface area (Å²) < 4.78 is 15.9. The molecule has 1 aromatic heterocycles. The average Bonchev–Trinajstić information content (AvgIpc) is 2.95. The number of nitrogens with zero attached hydrogens (tertiary/aromatic N) is 2. The van der Waals surface area contributed by atoms with E-state index in [1.54, 1.807) is 41.2 Å². The predicted octanol–water partition coefficient (Wildman–Crippen LogP) is 5.14. The average molecular weight is 435 g/mol. The summed E-state index contributed by atoms with van der Waals surface area (Å²) in [6.45, 7) is 0.261. The molecule has 0 bridgehead atoms. The van der Waals surface area contributed by atoms with E-state index in [0.29, 0.717) is 20.9 Å². The first-order chi connectivity index (χ1) is 12.5. The lowest BCUT2D eigenvalue weighted by molar-refractivity contribution is -0.111. The second-order valence-electron chi connectivity index (χ2n) is 5.46. The van der Waals surface area contributed by atoms with Gasteiger partial charge in [0, 0.05) is 22.9 Å². The highest BCUT2D eigenvalue weighted by atomic mass is 79.9. The maximum atomic E-state index is 13.7. The summed E-state index contributed by atoms with van der Waals surface area (Å²) in [6, 6.07) is 13.7. The highest BCUT2D eigenvalue weighted by Gasteiger charge is 2.10. The van der Waals surface area contributed by atoms with Crippen molar-refractivity contribution in [3.63, 3.8) is 0 Å². The number of aromatic nitrogens is 2. The Kier molecular flexibility index (Phi) is 5.85. The Bertz CT molecular complexity index is 971. The molecule has 1 heterocycles. The summed E-state index contributed by atoms with van der Waals surface area (Å²) in [5.74, 6) is -0.288. The summed E-state index contributed by atoms with van der Waals surface area (Å²) in [5, 5.41) is 7.51. The highest BCUT2D eigenvalue weighted by molar-refractivity contribution is 9.10. The first-order valence-electron chi connectivity index (χ1n) is 7.73. The van der Waals surface area contributed by atoms with Gasteiger partial charge in [0.15, 0.2) is 5.82 Å². The molecule has 1 N–H and O–H groups in total. The number of hydrogen-bond acceptors (Lipinski definition) is 2. The molecule has 0 spiro atoms.